The van der Waals surface area contributed by atoms with E-state index >= 15 is 0 Å². The van der Waals surface area contributed by atoms with Crippen molar-refractivity contribution in [2.75, 3.05) is 14.2 Å². The summed E-state index contributed by atoms with van der Waals surface area (Å²) in [6.07, 6.45) is 0. The maximum atomic E-state index is 13.9. The van der Waals surface area contributed by atoms with Crippen molar-refractivity contribution in [2.45, 2.75) is 0 Å². The van der Waals surface area contributed by atoms with Gasteiger partial charge in [0.05, 0.1) is 19.8 Å². The number of benzene rings is 2. The Morgan fingerprint density at radius 2 is 1.85 bits per heavy atom. The Kier molecular flexibility index (Phi) is 3.89. The first-order valence-electron chi connectivity index (χ1n) is 5.88. The van der Waals surface area contributed by atoms with Crippen molar-refractivity contribution < 1.29 is 18.7 Å². The predicted octanol–water partition coefficient (Wildman–Crippen LogP) is 2.61. The van der Waals surface area contributed by atoms with Gasteiger partial charge in [0.25, 0.3) is 5.91 Å². The van der Waals surface area contributed by atoms with E-state index < -0.39 is 11.7 Å². The number of amides is 1. The molecule has 2 rings (SSSR count). The molecule has 1 amide bonds. The molecule has 0 aliphatic rings. The lowest BCUT2D eigenvalue weighted by Crippen LogP contribution is -2.12. The minimum atomic E-state index is -0.632. The van der Waals surface area contributed by atoms with Gasteiger partial charge in [-0.25, -0.2) is 4.39 Å². The van der Waals surface area contributed by atoms with E-state index in [1.165, 1.54) is 32.4 Å². The first-order valence-corrected chi connectivity index (χ1v) is 5.88. The van der Waals surface area contributed by atoms with E-state index in [0.29, 0.717) is 22.6 Å². The van der Waals surface area contributed by atoms with Gasteiger partial charge in [-0.15, -0.1) is 0 Å². The van der Waals surface area contributed by atoms with Gasteiger partial charge in [0.1, 0.15) is 17.3 Å². The van der Waals surface area contributed by atoms with Crippen LogP contribution in [0.4, 0.5) is 4.39 Å². The summed E-state index contributed by atoms with van der Waals surface area (Å²) in [5.74, 6) is -0.166. The third-order valence-corrected chi connectivity index (χ3v) is 2.95. The van der Waals surface area contributed by atoms with Gasteiger partial charge in [-0.05, 0) is 35.9 Å². The number of primary amides is 1. The van der Waals surface area contributed by atoms with E-state index in [2.05, 4.69) is 0 Å². The fourth-order valence-corrected chi connectivity index (χ4v) is 1.92. The summed E-state index contributed by atoms with van der Waals surface area (Å²) in [4.78, 5) is 11.4. The Labute approximate surface area is 115 Å². The highest BCUT2D eigenvalue weighted by Gasteiger charge is 2.13. The summed E-state index contributed by atoms with van der Waals surface area (Å²) in [7, 11) is 2.94. The quantitative estimate of drug-likeness (QED) is 0.933. The number of ether oxygens (including phenoxy) is 2. The molecule has 0 heterocycles. The van der Waals surface area contributed by atoms with Gasteiger partial charge in [-0.3, -0.25) is 4.79 Å². The second-order valence-corrected chi connectivity index (χ2v) is 4.13. The highest BCUT2D eigenvalue weighted by atomic mass is 19.1. The summed E-state index contributed by atoms with van der Waals surface area (Å²) < 4.78 is 24.0. The highest BCUT2D eigenvalue weighted by molar-refractivity contribution is 5.97. The molecule has 0 saturated heterocycles. The van der Waals surface area contributed by atoms with E-state index in [-0.39, 0.29) is 5.56 Å². The number of rotatable bonds is 4. The Morgan fingerprint density at radius 1 is 1.10 bits per heavy atom. The van der Waals surface area contributed by atoms with E-state index in [1.54, 1.807) is 18.2 Å². The maximum Gasteiger partial charge on any atom is 0.252 e. The van der Waals surface area contributed by atoms with Crippen LogP contribution in [0.2, 0.25) is 0 Å². The lowest BCUT2D eigenvalue weighted by atomic mass is 10.0. The second kappa shape index (κ2) is 5.61. The lowest BCUT2D eigenvalue weighted by Gasteiger charge is -2.10. The number of halogens is 1. The van der Waals surface area contributed by atoms with Gasteiger partial charge in [0.15, 0.2) is 0 Å². The molecule has 0 aliphatic carbocycles. The summed E-state index contributed by atoms with van der Waals surface area (Å²) in [6.45, 7) is 0. The molecule has 0 unspecified atom stereocenters. The van der Waals surface area contributed by atoms with Crippen molar-refractivity contribution in [3.05, 3.63) is 47.8 Å². The van der Waals surface area contributed by atoms with Crippen LogP contribution in [-0.4, -0.2) is 20.1 Å². The van der Waals surface area contributed by atoms with E-state index in [9.17, 15) is 9.18 Å². The fourth-order valence-electron chi connectivity index (χ4n) is 1.92. The van der Waals surface area contributed by atoms with Crippen LogP contribution >= 0.6 is 0 Å². The number of hydrogen-bond acceptors (Lipinski definition) is 3. The Hall–Kier alpha value is -2.56. The zero-order valence-corrected chi connectivity index (χ0v) is 11.1. The minimum Gasteiger partial charge on any atom is -0.497 e. The molecule has 0 aromatic heterocycles. The van der Waals surface area contributed by atoms with Gasteiger partial charge in [-0.2, -0.15) is 0 Å². The minimum absolute atomic E-state index is 0.201. The summed E-state index contributed by atoms with van der Waals surface area (Å²) in [6, 6.07) is 9.12. The van der Waals surface area contributed by atoms with Gasteiger partial charge < -0.3 is 15.2 Å². The number of nitrogens with two attached hydrogens (primary N) is 1. The van der Waals surface area contributed by atoms with Crippen LogP contribution in [0.5, 0.6) is 11.5 Å². The van der Waals surface area contributed by atoms with Crippen LogP contribution in [0, 0.1) is 5.82 Å². The highest BCUT2D eigenvalue weighted by Crippen LogP contribution is 2.30. The molecular weight excluding hydrogens is 261 g/mol. The third-order valence-electron chi connectivity index (χ3n) is 2.95. The van der Waals surface area contributed by atoms with E-state index in [4.69, 9.17) is 15.2 Å². The van der Waals surface area contributed by atoms with Crippen molar-refractivity contribution >= 4 is 5.91 Å². The van der Waals surface area contributed by atoms with Gasteiger partial charge in [-0.1, -0.05) is 6.07 Å². The number of carbonyl (C=O) groups is 1. The van der Waals surface area contributed by atoms with Crippen LogP contribution in [0.25, 0.3) is 11.1 Å². The molecule has 104 valence electrons. The normalized spacial score (nSPS) is 10.2. The zero-order chi connectivity index (χ0) is 14.7. The van der Waals surface area contributed by atoms with Crippen molar-refractivity contribution in [1.29, 1.82) is 0 Å². The molecule has 5 heteroatoms. The molecular formula is C15H14FNO3. The predicted molar refractivity (Wildman–Crippen MR) is 73.5 cm³/mol. The Morgan fingerprint density at radius 3 is 2.45 bits per heavy atom. The number of hydrogen-bond donors (Lipinski definition) is 1. The Balaban J connectivity index is 2.58. The number of methoxy groups -OCH3 is 2. The largest absolute Gasteiger partial charge is 0.497 e. The van der Waals surface area contributed by atoms with Gasteiger partial charge >= 0.3 is 0 Å². The zero-order valence-electron chi connectivity index (χ0n) is 11.1. The van der Waals surface area contributed by atoms with Crippen molar-refractivity contribution in [3.8, 4) is 22.6 Å². The molecule has 0 saturated carbocycles. The van der Waals surface area contributed by atoms with Crippen LogP contribution < -0.4 is 15.2 Å². The third kappa shape index (κ3) is 2.56. The first-order chi connectivity index (χ1) is 9.56. The Bertz CT molecular complexity index is 656. The van der Waals surface area contributed by atoms with Crippen molar-refractivity contribution in [3.63, 3.8) is 0 Å². The van der Waals surface area contributed by atoms with Gasteiger partial charge in [0, 0.05) is 5.56 Å². The molecule has 0 atom stereocenters. The second-order valence-electron chi connectivity index (χ2n) is 4.13. The molecule has 0 radical (unpaired) electrons. The molecule has 2 aromatic carbocycles. The average molecular weight is 275 g/mol. The molecule has 4 nitrogen and oxygen atoms in total. The van der Waals surface area contributed by atoms with Crippen LogP contribution in [0.1, 0.15) is 10.4 Å². The molecule has 0 bridgehead atoms. The van der Waals surface area contributed by atoms with Crippen molar-refractivity contribution in [2.24, 2.45) is 5.73 Å². The average Bonchev–Trinajstić information content (AvgIpc) is 2.47. The molecule has 0 aliphatic heterocycles. The monoisotopic (exact) mass is 275 g/mol. The topological polar surface area (TPSA) is 61.6 Å². The standard InChI is InChI=1S/C15H14FNO3/c1-19-10-4-5-13(16)11(8-10)9-3-6-14(20-2)12(7-9)15(17)18/h3-8H,1-2H3,(H2,17,18). The molecule has 20 heavy (non-hydrogen) atoms. The molecule has 2 N–H and O–H groups in total. The van der Waals surface area contributed by atoms with Gasteiger partial charge in [0.2, 0.25) is 0 Å². The van der Waals surface area contributed by atoms with Crippen LogP contribution in [0.3, 0.4) is 0 Å². The molecule has 0 spiro atoms. The SMILES string of the molecule is COc1ccc(F)c(-c2ccc(OC)c(C(N)=O)c2)c1. The first kappa shape index (κ1) is 13.9. The summed E-state index contributed by atoms with van der Waals surface area (Å²) >= 11 is 0. The smallest absolute Gasteiger partial charge is 0.252 e. The van der Waals surface area contributed by atoms with Crippen LogP contribution in [0.15, 0.2) is 36.4 Å². The van der Waals surface area contributed by atoms with Crippen molar-refractivity contribution in [1.82, 2.24) is 0 Å². The fraction of sp³-hybridized carbons (Fsp3) is 0.133. The number of carbonyl (C=O) groups excluding carboxylic acids is 1. The van der Waals surface area contributed by atoms with E-state index in [1.807, 2.05) is 0 Å². The van der Waals surface area contributed by atoms with Crippen LogP contribution in [-0.2, 0) is 0 Å². The lowest BCUT2D eigenvalue weighted by molar-refractivity contribution is 0.0997. The summed E-state index contributed by atoms with van der Waals surface area (Å²) in [5, 5.41) is 0. The summed E-state index contributed by atoms with van der Waals surface area (Å²) in [5.41, 5.74) is 6.35. The molecule has 2 aromatic rings. The van der Waals surface area contributed by atoms with E-state index in [0.717, 1.165) is 0 Å². The molecule has 0 fully saturated rings. The maximum absolute atomic E-state index is 13.9.